The van der Waals surface area contributed by atoms with Crippen LogP contribution in [0, 0.1) is 0 Å². The lowest BCUT2D eigenvalue weighted by Crippen LogP contribution is -2.56. The third-order valence-electron chi connectivity index (χ3n) is 4.50. The minimum Gasteiger partial charge on any atom is -0.357 e. The Hall–Kier alpha value is -0.620. The lowest BCUT2D eigenvalue weighted by atomic mass is 10.2. The van der Waals surface area contributed by atoms with Gasteiger partial charge >= 0.3 is 6.18 Å². The van der Waals surface area contributed by atoms with E-state index in [1.54, 1.807) is 11.3 Å². The van der Waals surface area contributed by atoms with Gasteiger partial charge in [-0.05, 0) is 20.3 Å². The first-order valence-electron chi connectivity index (χ1n) is 9.12. The molecule has 0 aliphatic carbocycles. The minimum absolute atomic E-state index is 0. The van der Waals surface area contributed by atoms with Gasteiger partial charge in [-0.3, -0.25) is 9.89 Å². The molecule has 0 aromatic carbocycles. The van der Waals surface area contributed by atoms with Crippen LogP contribution in [0.4, 0.5) is 13.2 Å². The predicted molar refractivity (Wildman–Crippen MR) is 115 cm³/mol. The zero-order chi connectivity index (χ0) is 19.2. The first-order valence-corrected chi connectivity index (χ1v) is 10.00. The molecule has 1 aliphatic rings. The number of aliphatic imine (C=N–C) groups is 1. The zero-order valence-corrected chi connectivity index (χ0v) is 19.2. The Morgan fingerprint density at radius 3 is 2.48 bits per heavy atom. The number of alkyl halides is 3. The molecule has 10 heteroatoms. The van der Waals surface area contributed by atoms with Crippen molar-refractivity contribution in [2.24, 2.45) is 4.99 Å². The Morgan fingerprint density at radius 1 is 1.30 bits per heavy atom. The number of rotatable bonds is 6. The molecule has 5 nitrogen and oxygen atoms in total. The van der Waals surface area contributed by atoms with Crippen molar-refractivity contribution in [1.82, 2.24) is 20.1 Å². The Labute approximate surface area is 180 Å². The predicted octanol–water partition coefficient (Wildman–Crippen LogP) is 3.40. The van der Waals surface area contributed by atoms with E-state index in [0.29, 0.717) is 32.7 Å². The average molecular weight is 519 g/mol. The van der Waals surface area contributed by atoms with Gasteiger partial charge in [0.25, 0.3) is 0 Å². The number of piperazine rings is 1. The fraction of sp³-hybridized carbons (Fsp3) is 0.765. The molecule has 0 spiro atoms. The summed E-state index contributed by atoms with van der Waals surface area (Å²) in [6.45, 7) is 8.52. The van der Waals surface area contributed by atoms with Crippen LogP contribution in [0.3, 0.4) is 0 Å². The molecule has 2 heterocycles. The van der Waals surface area contributed by atoms with Crippen LogP contribution in [0.15, 0.2) is 10.4 Å². The van der Waals surface area contributed by atoms with Crippen molar-refractivity contribution in [2.75, 3.05) is 39.3 Å². The van der Waals surface area contributed by atoms with Gasteiger partial charge in [0, 0.05) is 51.1 Å². The number of aromatic nitrogens is 1. The SMILES string of the molecule is CCNC(=NCCc1csc(CC)n1)N1CCN(C(C)C(F)(F)F)CC1.I. The molecule has 0 saturated carbocycles. The monoisotopic (exact) mass is 519 g/mol. The van der Waals surface area contributed by atoms with E-state index >= 15 is 0 Å². The summed E-state index contributed by atoms with van der Waals surface area (Å²) in [4.78, 5) is 12.7. The quantitative estimate of drug-likeness (QED) is 0.356. The van der Waals surface area contributed by atoms with Crippen molar-refractivity contribution in [3.63, 3.8) is 0 Å². The van der Waals surface area contributed by atoms with Crippen LogP contribution in [-0.2, 0) is 12.8 Å². The van der Waals surface area contributed by atoms with Crippen molar-refractivity contribution < 1.29 is 13.2 Å². The minimum atomic E-state index is -4.17. The van der Waals surface area contributed by atoms with Crippen molar-refractivity contribution in [3.05, 3.63) is 16.1 Å². The lowest BCUT2D eigenvalue weighted by Gasteiger charge is -2.39. The largest absolute Gasteiger partial charge is 0.403 e. The number of nitrogens with one attached hydrogen (secondary N) is 1. The summed E-state index contributed by atoms with van der Waals surface area (Å²) < 4.78 is 38.6. The van der Waals surface area contributed by atoms with Crippen LogP contribution in [0.2, 0.25) is 0 Å². The normalized spacial score (nSPS) is 17.6. The van der Waals surface area contributed by atoms with Crippen molar-refractivity contribution >= 4 is 41.3 Å². The van der Waals surface area contributed by atoms with Crippen molar-refractivity contribution in [3.8, 4) is 0 Å². The number of hydrogen-bond acceptors (Lipinski definition) is 4. The van der Waals surface area contributed by atoms with Gasteiger partial charge in [-0.1, -0.05) is 6.92 Å². The van der Waals surface area contributed by atoms with E-state index in [1.165, 1.54) is 11.8 Å². The Balaban J connectivity index is 0.00000364. The van der Waals surface area contributed by atoms with E-state index in [-0.39, 0.29) is 24.0 Å². The first kappa shape index (κ1) is 24.4. The summed E-state index contributed by atoms with van der Waals surface area (Å²) in [7, 11) is 0. The summed E-state index contributed by atoms with van der Waals surface area (Å²) in [5.41, 5.74) is 1.05. The number of hydrogen-bond donors (Lipinski definition) is 1. The molecule has 1 N–H and O–H groups in total. The highest BCUT2D eigenvalue weighted by atomic mass is 127. The first-order chi connectivity index (χ1) is 12.3. The highest BCUT2D eigenvalue weighted by molar-refractivity contribution is 14.0. The van der Waals surface area contributed by atoms with Crippen LogP contribution in [0.1, 0.15) is 31.5 Å². The number of thiazole rings is 1. The fourth-order valence-corrected chi connectivity index (χ4v) is 3.64. The molecule has 2 rings (SSSR count). The molecule has 1 aromatic heterocycles. The van der Waals surface area contributed by atoms with Crippen LogP contribution in [0.25, 0.3) is 0 Å². The standard InChI is InChI=1S/C17H28F3N5S.HI/c1-4-15-23-14(12-26-15)6-7-22-16(21-5-2)25-10-8-24(9-11-25)13(3)17(18,19)20;/h12-13H,4-11H2,1-3H3,(H,21,22);1H. The van der Waals surface area contributed by atoms with Gasteiger partial charge in [-0.15, -0.1) is 35.3 Å². The highest BCUT2D eigenvalue weighted by Crippen LogP contribution is 2.25. The van der Waals surface area contributed by atoms with Gasteiger partial charge in [0.15, 0.2) is 5.96 Å². The van der Waals surface area contributed by atoms with Gasteiger partial charge in [0.1, 0.15) is 6.04 Å². The molecule has 27 heavy (non-hydrogen) atoms. The summed E-state index contributed by atoms with van der Waals surface area (Å²) in [6, 6.07) is -1.40. The molecule has 1 aromatic rings. The third-order valence-corrected chi connectivity index (χ3v) is 5.54. The Morgan fingerprint density at radius 2 is 1.96 bits per heavy atom. The summed E-state index contributed by atoms with van der Waals surface area (Å²) in [5.74, 6) is 0.776. The second kappa shape index (κ2) is 11.4. The molecule has 1 saturated heterocycles. The van der Waals surface area contributed by atoms with Gasteiger partial charge in [-0.25, -0.2) is 4.98 Å². The molecule has 0 amide bonds. The zero-order valence-electron chi connectivity index (χ0n) is 16.1. The van der Waals surface area contributed by atoms with Gasteiger partial charge in [-0.2, -0.15) is 13.2 Å². The molecule has 0 radical (unpaired) electrons. The lowest BCUT2D eigenvalue weighted by molar-refractivity contribution is -0.181. The van der Waals surface area contributed by atoms with E-state index in [1.807, 2.05) is 11.8 Å². The van der Waals surface area contributed by atoms with E-state index in [9.17, 15) is 13.2 Å². The second-order valence-corrected chi connectivity index (χ2v) is 7.26. The average Bonchev–Trinajstić information content (AvgIpc) is 3.08. The van der Waals surface area contributed by atoms with Crippen LogP contribution in [0.5, 0.6) is 0 Å². The van der Waals surface area contributed by atoms with Crippen LogP contribution >= 0.6 is 35.3 Å². The van der Waals surface area contributed by atoms with Crippen LogP contribution in [-0.4, -0.2) is 72.2 Å². The highest BCUT2D eigenvalue weighted by Gasteiger charge is 2.41. The molecule has 1 aliphatic heterocycles. The molecule has 0 bridgehead atoms. The van der Waals surface area contributed by atoms with E-state index in [0.717, 1.165) is 36.0 Å². The van der Waals surface area contributed by atoms with E-state index < -0.39 is 12.2 Å². The molecule has 156 valence electrons. The topological polar surface area (TPSA) is 43.8 Å². The number of nitrogens with zero attached hydrogens (tertiary/aromatic N) is 4. The van der Waals surface area contributed by atoms with Crippen LogP contribution < -0.4 is 5.32 Å². The summed E-state index contributed by atoms with van der Waals surface area (Å²) >= 11 is 1.67. The Bertz CT molecular complexity index is 585. The smallest absolute Gasteiger partial charge is 0.357 e. The van der Waals surface area contributed by atoms with Gasteiger partial charge in [0.2, 0.25) is 0 Å². The number of guanidine groups is 1. The maximum absolute atomic E-state index is 12.9. The van der Waals surface area contributed by atoms with E-state index in [4.69, 9.17) is 0 Å². The summed E-state index contributed by atoms with van der Waals surface area (Å²) in [6.07, 6.45) is -2.46. The maximum atomic E-state index is 12.9. The summed E-state index contributed by atoms with van der Waals surface area (Å²) in [5, 5.41) is 6.45. The van der Waals surface area contributed by atoms with Crippen molar-refractivity contribution in [1.29, 1.82) is 0 Å². The second-order valence-electron chi connectivity index (χ2n) is 6.31. The molecular weight excluding hydrogens is 490 g/mol. The molecule has 1 fully saturated rings. The van der Waals surface area contributed by atoms with E-state index in [2.05, 4.69) is 27.6 Å². The molecule has 1 unspecified atom stereocenters. The molecule has 1 atom stereocenters. The van der Waals surface area contributed by atoms with Crippen molar-refractivity contribution in [2.45, 2.75) is 45.8 Å². The maximum Gasteiger partial charge on any atom is 0.403 e. The van der Waals surface area contributed by atoms with Gasteiger partial charge < -0.3 is 10.2 Å². The van der Waals surface area contributed by atoms with Gasteiger partial charge in [0.05, 0.1) is 10.7 Å². The Kier molecular flexibility index (Phi) is 10.3. The third kappa shape index (κ3) is 7.37. The number of halogens is 4. The number of aryl methyl sites for hydroxylation is 1. The fourth-order valence-electron chi connectivity index (χ4n) is 2.86. The molecular formula is C17H29F3IN5S.